The van der Waals surface area contributed by atoms with Gasteiger partial charge in [0.15, 0.2) is 0 Å². The van der Waals surface area contributed by atoms with Crippen LogP contribution in [0.25, 0.3) is 0 Å². The van der Waals surface area contributed by atoms with Crippen molar-refractivity contribution < 1.29 is 14.2 Å². The molecule has 0 aromatic heterocycles. The summed E-state index contributed by atoms with van der Waals surface area (Å²) in [6, 6.07) is 19.4. The van der Waals surface area contributed by atoms with E-state index in [0.717, 1.165) is 5.75 Å². The third-order valence-electron chi connectivity index (χ3n) is 5.89. The molecule has 0 radical (unpaired) electrons. The number of rotatable bonds is 8. The minimum atomic E-state index is -0.459. The minimum Gasteiger partial charge on any atom is -0.496 e. The summed E-state index contributed by atoms with van der Waals surface area (Å²) < 4.78 is 17.3. The minimum absolute atomic E-state index is 0.160. The Labute approximate surface area is 172 Å². The van der Waals surface area contributed by atoms with E-state index in [-0.39, 0.29) is 20.1 Å². The third kappa shape index (κ3) is 4.44. The second-order valence-corrected chi connectivity index (χ2v) is 12.7. The fourth-order valence-electron chi connectivity index (χ4n) is 4.43. The Hall–Kier alpha value is -0.980. The van der Waals surface area contributed by atoms with Crippen molar-refractivity contribution in [2.45, 2.75) is 37.4 Å². The predicted molar refractivity (Wildman–Crippen MR) is 123 cm³/mol. The molecule has 2 aromatic rings. The van der Waals surface area contributed by atoms with Gasteiger partial charge in [-0.2, -0.15) is 0 Å². The molecule has 1 aliphatic rings. The maximum Gasteiger partial charge on any atom is 0.126 e. The Bertz CT molecular complexity index is 724. The van der Waals surface area contributed by atoms with Crippen LogP contribution in [0.2, 0.25) is 0 Å². The molecule has 1 saturated heterocycles. The van der Waals surface area contributed by atoms with Gasteiger partial charge in [0, 0.05) is 30.8 Å². The van der Waals surface area contributed by atoms with Crippen LogP contribution in [-0.2, 0) is 9.47 Å². The van der Waals surface area contributed by atoms with Gasteiger partial charge in [0.05, 0.1) is 19.3 Å². The first-order chi connectivity index (χ1) is 13.6. The molecule has 1 heterocycles. The Balaban J connectivity index is 1.85. The second kappa shape index (κ2) is 10.2. The topological polar surface area (TPSA) is 27.7 Å². The van der Waals surface area contributed by atoms with Crippen LogP contribution in [0, 0.1) is 0 Å². The van der Waals surface area contributed by atoms with Crippen LogP contribution in [0.5, 0.6) is 5.75 Å². The Morgan fingerprint density at radius 3 is 1.96 bits per heavy atom. The van der Waals surface area contributed by atoms with Crippen LogP contribution in [0.3, 0.4) is 0 Å². The summed E-state index contributed by atoms with van der Waals surface area (Å²) in [5.41, 5.74) is 1.12. The average molecular weight is 418 g/mol. The molecule has 1 fully saturated rings. The SMILES string of the molecule is COc1ccccc1[P@@](CCP1[C@@H](C)C(OC)C(OC)[C@@H]1C)c1ccccc1. The standard InChI is InChI=1S/C23H32O3P2/c1-17-22(25-4)23(26-5)18(2)27(17)15-16-28(19-11-7-6-8-12-19)21-14-10-9-13-20(21)24-3/h6-14,17-18,22-23H,15-16H2,1-5H3/t17-,18-,22?,23?,27?,28-/m0/s1. The van der Waals surface area contributed by atoms with E-state index in [9.17, 15) is 0 Å². The van der Waals surface area contributed by atoms with E-state index in [0.29, 0.717) is 11.3 Å². The first-order valence-electron chi connectivity index (χ1n) is 9.89. The molecule has 1 aliphatic heterocycles. The molecule has 0 saturated carbocycles. The molecule has 5 atom stereocenters. The lowest BCUT2D eigenvalue weighted by molar-refractivity contribution is -0.0244. The van der Waals surface area contributed by atoms with Gasteiger partial charge in [0.2, 0.25) is 0 Å². The highest BCUT2D eigenvalue weighted by molar-refractivity contribution is 7.74. The van der Waals surface area contributed by atoms with Gasteiger partial charge in [-0.05, 0) is 31.6 Å². The van der Waals surface area contributed by atoms with E-state index in [1.54, 1.807) is 7.11 Å². The largest absolute Gasteiger partial charge is 0.496 e. The maximum atomic E-state index is 5.82. The summed E-state index contributed by atoms with van der Waals surface area (Å²) in [7, 11) is 4.80. The zero-order valence-electron chi connectivity index (χ0n) is 17.5. The zero-order valence-corrected chi connectivity index (χ0v) is 19.3. The molecule has 0 bridgehead atoms. The van der Waals surface area contributed by atoms with Gasteiger partial charge in [-0.15, -0.1) is 0 Å². The Morgan fingerprint density at radius 2 is 1.39 bits per heavy atom. The first kappa shape index (κ1) is 21.7. The number of methoxy groups -OCH3 is 3. The van der Waals surface area contributed by atoms with E-state index < -0.39 is 7.92 Å². The van der Waals surface area contributed by atoms with Gasteiger partial charge in [0.1, 0.15) is 5.75 Å². The molecule has 2 aromatic carbocycles. The van der Waals surface area contributed by atoms with E-state index in [4.69, 9.17) is 14.2 Å². The maximum absolute atomic E-state index is 5.82. The third-order valence-corrected chi connectivity index (χ3v) is 12.2. The molecule has 2 unspecified atom stereocenters. The molecule has 0 N–H and O–H groups in total. The van der Waals surface area contributed by atoms with E-state index in [1.165, 1.54) is 22.9 Å². The summed E-state index contributed by atoms with van der Waals surface area (Å²) in [5.74, 6) is 1.00. The smallest absolute Gasteiger partial charge is 0.126 e. The molecule has 3 rings (SSSR count). The van der Waals surface area contributed by atoms with E-state index >= 15 is 0 Å². The summed E-state index contributed by atoms with van der Waals surface area (Å²) in [6.45, 7) is 4.70. The average Bonchev–Trinajstić information content (AvgIpc) is 2.98. The number of ether oxygens (including phenoxy) is 3. The summed E-state index contributed by atoms with van der Waals surface area (Å²) in [5, 5.41) is 2.76. The first-order valence-corrected chi connectivity index (χ1v) is 13.1. The van der Waals surface area contributed by atoms with Crippen molar-refractivity contribution in [3.8, 4) is 5.75 Å². The molecule has 0 spiro atoms. The Morgan fingerprint density at radius 1 is 0.821 bits per heavy atom. The molecule has 5 heteroatoms. The quantitative estimate of drug-likeness (QED) is 0.594. The zero-order chi connectivity index (χ0) is 20.1. The van der Waals surface area contributed by atoms with Crippen LogP contribution < -0.4 is 15.3 Å². The van der Waals surface area contributed by atoms with Crippen molar-refractivity contribution in [1.82, 2.24) is 0 Å². The van der Waals surface area contributed by atoms with Crippen LogP contribution in [0.4, 0.5) is 0 Å². The summed E-state index contributed by atoms with van der Waals surface area (Å²) in [6.07, 6.45) is 2.82. The lowest BCUT2D eigenvalue weighted by atomic mass is 10.1. The van der Waals surface area contributed by atoms with Gasteiger partial charge in [-0.1, -0.05) is 70.3 Å². The van der Waals surface area contributed by atoms with Crippen LogP contribution >= 0.6 is 15.8 Å². The van der Waals surface area contributed by atoms with Crippen molar-refractivity contribution >= 4 is 26.5 Å². The molecular weight excluding hydrogens is 386 g/mol. The summed E-state index contributed by atoms with van der Waals surface area (Å²) in [4.78, 5) is 0. The molecule has 0 amide bonds. The van der Waals surface area contributed by atoms with Gasteiger partial charge < -0.3 is 14.2 Å². The number of hydrogen-bond acceptors (Lipinski definition) is 3. The Kier molecular flexibility index (Phi) is 7.89. The van der Waals surface area contributed by atoms with Crippen LogP contribution in [0.15, 0.2) is 54.6 Å². The highest BCUT2D eigenvalue weighted by Crippen LogP contribution is 2.58. The van der Waals surface area contributed by atoms with Gasteiger partial charge in [0.25, 0.3) is 0 Å². The van der Waals surface area contributed by atoms with E-state index in [2.05, 4.69) is 68.4 Å². The monoisotopic (exact) mass is 418 g/mol. The van der Waals surface area contributed by atoms with Crippen molar-refractivity contribution in [2.24, 2.45) is 0 Å². The second-order valence-electron chi connectivity index (χ2n) is 7.28. The number of benzene rings is 2. The molecular formula is C23H32O3P2. The van der Waals surface area contributed by atoms with Gasteiger partial charge >= 0.3 is 0 Å². The molecule has 152 valence electrons. The molecule has 28 heavy (non-hydrogen) atoms. The lowest BCUT2D eigenvalue weighted by Gasteiger charge is -2.26. The van der Waals surface area contributed by atoms with Crippen molar-refractivity contribution in [1.29, 1.82) is 0 Å². The fraction of sp³-hybridized carbons (Fsp3) is 0.478. The van der Waals surface area contributed by atoms with Crippen molar-refractivity contribution in [3.05, 3.63) is 54.6 Å². The predicted octanol–water partition coefficient (Wildman–Crippen LogP) is 4.43. The number of para-hydroxylation sites is 1. The summed E-state index contributed by atoms with van der Waals surface area (Å²) >= 11 is 0. The lowest BCUT2D eigenvalue weighted by Crippen LogP contribution is -2.34. The van der Waals surface area contributed by atoms with Crippen LogP contribution in [0.1, 0.15) is 13.8 Å². The van der Waals surface area contributed by atoms with E-state index in [1.807, 2.05) is 14.2 Å². The highest BCUT2D eigenvalue weighted by Gasteiger charge is 2.46. The molecule has 3 nitrogen and oxygen atoms in total. The van der Waals surface area contributed by atoms with Gasteiger partial charge in [-0.25, -0.2) is 0 Å². The molecule has 0 aliphatic carbocycles. The number of hydrogen-bond donors (Lipinski definition) is 0. The highest BCUT2D eigenvalue weighted by atomic mass is 31.1. The van der Waals surface area contributed by atoms with Crippen molar-refractivity contribution in [2.75, 3.05) is 33.7 Å². The fourth-order valence-corrected chi connectivity index (χ4v) is 11.1. The van der Waals surface area contributed by atoms with Gasteiger partial charge in [-0.3, -0.25) is 0 Å². The normalized spacial score (nSPS) is 28.2. The van der Waals surface area contributed by atoms with Crippen LogP contribution in [-0.4, -0.2) is 57.2 Å². The van der Waals surface area contributed by atoms with Crippen molar-refractivity contribution in [3.63, 3.8) is 0 Å².